The predicted molar refractivity (Wildman–Crippen MR) is 87.4 cm³/mol. The second-order valence-corrected chi connectivity index (χ2v) is 5.32. The lowest BCUT2D eigenvalue weighted by Gasteiger charge is -2.05. The minimum absolute atomic E-state index is 0.0269. The van der Waals surface area contributed by atoms with E-state index in [1.165, 1.54) is 6.07 Å². The molecule has 1 N–H and O–H groups in total. The van der Waals surface area contributed by atoms with Gasteiger partial charge in [0.1, 0.15) is 5.82 Å². The summed E-state index contributed by atoms with van der Waals surface area (Å²) in [6.45, 7) is 3.13. The standard InChI is InChI=1S/C18H18FN3O/c1-2-22-17-10-6-4-8-14(17)16(21-22)12-20-18(23)11-13-7-3-5-9-15(13)19/h3-10H,2,11-12H2,1H3,(H,20,23). The summed E-state index contributed by atoms with van der Waals surface area (Å²) in [7, 11) is 0. The average molecular weight is 311 g/mol. The Kier molecular flexibility index (Phi) is 4.37. The molecule has 3 aromatic rings. The molecule has 1 amide bonds. The molecule has 0 fully saturated rings. The first-order valence-corrected chi connectivity index (χ1v) is 7.63. The van der Waals surface area contributed by atoms with E-state index in [1.54, 1.807) is 18.2 Å². The molecule has 0 aliphatic carbocycles. The average Bonchev–Trinajstić information content (AvgIpc) is 2.93. The Morgan fingerprint density at radius 2 is 1.91 bits per heavy atom. The van der Waals surface area contributed by atoms with Gasteiger partial charge < -0.3 is 5.32 Å². The molecule has 1 aromatic heterocycles. The summed E-state index contributed by atoms with van der Waals surface area (Å²) in [5.41, 5.74) is 2.27. The van der Waals surface area contributed by atoms with Gasteiger partial charge in [-0.3, -0.25) is 9.48 Å². The third-order valence-corrected chi connectivity index (χ3v) is 3.80. The van der Waals surface area contributed by atoms with Crippen LogP contribution in [-0.4, -0.2) is 15.7 Å². The van der Waals surface area contributed by atoms with Crippen molar-refractivity contribution < 1.29 is 9.18 Å². The molecule has 118 valence electrons. The summed E-state index contributed by atoms with van der Waals surface area (Å²) >= 11 is 0. The van der Waals surface area contributed by atoms with Crippen LogP contribution in [-0.2, 0) is 24.3 Å². The smallest absolute Gasteiger partial charge is 0.224 e. The molecule has 0 saturated carbocycles. The van der Waals surface area contributed by atoms with Gasteiger partial charge in [-0.25, -0.2) is 4.39 Å². The number of amides is 1. The Morgan fingerprint density at radius 3 is 2.70 bits per heavy atom. The topological polar surface area (TPSA) is 46.9 Å². The molecule has 0 saturated heterocycles. The number of benzene rings is 2. The van der Waals surface area contributed by atoms with Gasteiger partial charge in [0.25, 0.3) is 0 Å². The van der Waals surface area contributed by atoms with Gasteiger partial charge in [0.2, 0.25) is 5.91 Å². The van der Waals surface area contributed by atoms with Crippen LogP contribution in [0.15, 0.2) is 48.5 Å². The van der Waals surface area contributed by atoms with Gasteiger partial charge in [0.15, 0.2) is 0 Å². The van der Waals surface area contributed by atoms with Gasteiger partial charge in [-0.1, -0.05) is 36.4 Å². The van der Waals surface area contributed by atoms with E-state index in [0.717, 1.165) is 23.1 Å². The van der Waals surface area contributed by atoms with Gasteiger partial charge in [-0.05, 0) is 24.6 Å². The van der Waals surface area contributed by atoms with Crippen LogP contribution in [0.1, 0.15) is 18.2 Å². The summed E-state index contributed by atoms with van der Waals surface area (Å²) in [4.78, 5) is 12.0. The molecule has 4 nitrogen and oxygen atoms in total. The van der Waals surface area contributed by atoms with Crippen LogP contribution < -0.4 is 5.32 Å². The molecule has 0 aliphatic rings. The van der Waals surface area contributed by atoms with E-state index in [9.17, 15) is 9.18 Å². The Labute approximate surface area is 133 Å². The zero-order valence-electron chi connectivity index (χ0n) is 12.9. The van der Waals surface area contributed by atoms with E-state index in [2.05, 4.69) is 10.4 Å². The quantitative estimate of drug-likeness (QED) is 0.787. The minimum Gasteiger partial charge on any atom is -0.350 e. The van der Waals surface area contributed by atoms with E-state index in [0.29, 0.717) is 12.1 Å². The number of carbonyl (C=O) groups is 1. The second kappa shape index (κ2) is 6.60. The number of nitrogens with zero attached hydrogens (tertiary/aromatic N) is 2. The van der Waals surface area contributed by atoms with Crippen LogP contribution in [0, 0.1) is 5.82 Å². The van der Waals surface area contributed by atoms with Crippen LogP contribution in [0.5, 0.6) is 0 Å². The Balaban J connectivity index is 1.71. The SMILES string of the molecule is CCn1nc(CNC(=O)Cc2ccccc2F)c2ccccc21. The maximum Gasteiger partial charge on any atom is 0.224 e. The third-order valence-electron chi connectivity index (χ3n) is 3.80. The summed E-state index contributed by atoms with van der Waals surface area (Å²) in [5.74, 6) is -0.575. The molecule has 0 radical (unpaired) electrons. The number of fused-ring (bicyclic) bond motifs is 1. The second-order valence-electron chi connectivity index (χ2n) is 5.32. The summed E-state index contributed by atoms with van der Waals surface area (Å²) in [6.07, 6.45) is 0.0269. The zero-order valence-corrected chi connectivity index (χ0v) is 12.9. The van der Waals surface area contributed by atoms with E-state index >= 15 is 0 Å². The fraction of sp³-hybridized carbons (Fsp3) is 0.222. The van der Waals surface area contributed by atoms with Gasteiger partial charge in [0, 0.05) is 11.9 Å². The first-order chi connectivity index (χ1) is 11.2. The van der Waals surface area contributed by atoms with Crippen LogP contribution in [0.25, 0.3) is 10.9 Å². The highest BCUT2D eigenvalue weighted by atomic mass is 19.1. The van der Waals surface area contributed by atoms with Gasteiger partial charge >= 0.3 is 0 Å². The Morgan fingerprint density at radius 1 is 1.17 bits per heavy atom. The highest BCUT2D eigenvalue weighted by molar-refractivity contribution is 5.83. The zero-order chi connectivity index (χ0) is 16.2. The maximum atomic E-state index is 13.6. The lowest BCUT2D eigenvalue weighted by Crippen LogP contribution is -2.25. The molecule has 2 aromatic carbocycles. The van der Waals surface area contributed by atoms with Crippen LogP contribution >= 0.6 is 0 Å². The summed E-state index contributed by atoms with van der Waals surface area (Å²) in [6, 6.07) is 14.2. The number of nitrogens with one attached hydrogen (secondary N) is 1. The molecule has 3 rings (SSSR count). The molecular formula is C18H18FN3O. The Hall–Kier alpha value is -2.69. The first kappa shape index (κ1) is 15.2. The number of halogens is 1. The lowest BCUT2D eigenvalue weighted by atomic mass is 10.1. The predicted octanol–water partition coefficient (Wildman–Crippen LogP) is 3.05. The third kappa shape index (κ3) is 3.23. The van der Waals surface area contributed by atoms with Crippen molar-refractivity contribution >= 4 is 16.8 Å². The largest absolute Gasteiger partial charge is 0.350 e. The number of rotatable bonds is 5. The number of aromatic nitrogens is 2. The maximum absolute atomic E-state index is 13.6. The van der Waals surface area contributed by atoms with Crippen LogP contribution in [0.4, 0.5) is 4.39 Å². The number of hydrogen-bond donors (Lipinski definition) is 1. The number of aryl methyl sites for hydroxylation is 1. The van der Waals surface area contributed by atoms with Crippen LogP contribution in [0.2, 0.25) is 0 Å². The summed E-state index contributed by atoms with van der Waals surface area (Å²) in [5, 5.41) is 8.38. The molecule has 0 spiro atoms. The first-order valence-electron chi connectivity index (χ1n) is 7.63. The van der Waals surface area contributed by atoms with Crippen molar-refractivity contribution in [2.45, 2.75) is 26.4 Å². The molecule has 1 heterocycles. The van der Waals surface area contributed by atoms with Crippen molar-refractivity contribution in [2.75, 3.05) is 0 Å². The summed E-state index contributed by atoms with van der Waals surface area (Å²) < 4.78 is 15.5. The fourth-order valence-electron chi connectivity index (χ4n) is 2.63. The highest BCUT2D eigenvalue weighted by Crippen LogP contribution is 2.18. The van der Waals surface area contributed by atoms with E-state index in [1.807, 2.05) is 35.9 Å². The number of hydrogen-bond acceptors (Lipinski definition) is 2. The van der Waals surface area contributed by atoms with E-state index in [4.69, 9.17) is 0 Å². The monoisotopic (exact) mass is 311 g/mol. The molecule has 0 aliphatic heterocycles. The highest BCUT2D eigenvalue weighted by Gasteiger charge is 2.11. The van der Waals surface area contributed by atoms with Crippen molar-refractivity contribution in [1.82, 2.24) is 15.1 Å². The number of para-hydroxylation sites is 1. The Bertz CT molecular complexity index is 841. The lowest BCUT2D eigenvalue weighted by molar-refractivity contribution is -0.120. The van der Waals surface area contributed by atoms with Gasteiger partial charge in [-0.2, -0.15) is 5.10 Å². The normalized spacial score (nSPS) is 10.9. The molecular weight excluding hydrogens is 293 g/mol. The number of carbonyl (C=O) groups excluding carboxylic acids is 1. The van der Waals surface area contributed by atoms with Crippen molar-refractivity contribution in [3.8, 4) is 0 Å². The van der Waals surface area contributed by atoms with Crippen LogP contribution in [0.3, 0.4) is 0 Å². The van der Waals surface area contributed by atoms with Crippen molar-refractivity contribution in [1.29, 1.82) is 0 Å². The van der Waals surface area contributed by atoms with E-state index in [-0.39, 0.29) is 18.1 Å². The molecule has 23 heavy (non-hydrogen) atoms. The molecule has 0 bridgehead atoms. The van der Waals surface area contributed by atoms with Crippen molar-refractivity contribution in [3.63, 3.8) is 0 Å². The molecule has 0 unspecified atom stereocenters. The van der Waals surface area contributed by atoms with Gasteiger partial charge in [0.05, 0.1) is 24.2 Å². The van der Waals surface area contributed by atoms with E-state index < -0.39 is 0 Å². The van der Waals surface area contributed by atoms with Crippen molar-refractivity contribution in [3.05, 3.63) is 65.6 Å². The van der Waals surface area contributed by atoms with Crippen molar-refractivity contribution in [2.24, 2.45) is 0 Å². The van der Waals surface area contributed by atoms with Gasteiger partial charge in [-0.15, -0.1) is 0 Å². The fourth-order valence-corrected chi connectivity index (χ4v) is 2.63. The molecule has 0 atom stereocenters. The molecule has 5 heteroatoms. The minimum atomic E-state index is -0.358.